The molecule has 0 saturated carbocycles. The van der Waals surface area contributed by atoms with Crippen molar-refractivity contribution in [3.05, 3.63) is 130 Å². The van der Waals surface area contributed by atoms with Crippen molar-refractivity contribution < 1.29 is 18.6 Å². The number of nitrogen functional groups attached to an aromatic ring is 1. The molecule has 0 saturated heterocycles. The van der Waals surface area contributed by atoms with E-state index in [2.05, 4.69) is 17.4 Å². The molecule has 4 N–H and O–H groups in total. The van der Waals surface area contributed by atoms with E-state index in [1.165, 1.54) is 17.7 Å². The molecule has 1 atom stereocenters. The molecule has 0 spiro atoms. The first-order valence-electron chi connectivity index (χ1n) is 12.9. The van der Waals surface area contributed by atoms with Crippen molar-refractivity contribution in [3.63, 3.8) is 0 Å². The summed E-state index contributed by atoms with van der Waals surface area (Å²) in [5.74, 6) is -1.10. The van der Waals surface area contributed by atoms with Crippen LogP contribution in [0.3, 0.4) is 0 Å². The van der Waals surface area contributed by atoms with Gasteiger partial charge in [0.15, 0.2) is 0 Å². The van der Waals surface area contributed by atoms with Gasteiger partial charge in [0, 0.05) is 37.2 Å². The highest BCUT2D eigenvalue weighted by Crippen LogP contribution is 2.41. The third-order valence-electron chi connectivity index (χ3n) is 6.59. The fourth-order valence-electron chi connectivity index (χ4n) is 4.65. The molecule has 0 bridgehead atoms. The number of ether oxygens (including phenoxy) is 1. The van der Waals surface area contributed by atoms with Crippen molar-refractivity contribution in [2.45, 2.75) is 44.9 Å². The third kappa shape index (κ3) is 7.40. The molecule has 4 aromatic rings. The SMILES string of the molecule is Nc1c(CNCc2ccccc2)ccc(C(CCCCO)c2cc(F)cc(F)c2)c1OCc1ccccc1. The lowest BCUT2D eigenvalue weighted by Gasteiger charge is -2.24. The Morgan fingerprint density at radius 2 is 1.45 bits per heavy atom. The Bertz CT molecular complexity index is 1280. The molecule has 4 aromatic carbocycles. The third-order valence-corrected chi connectivity index (χ3v) is 6.59. The van der Waals surface area contributed by atoms with Gasteiger partial charge in [-0.15, -0.1) is 0 Å². The number of halogens is 2. The lowest BCUT2D eigenvalue weighted by molar-refractivity contribution is 0.281. The molecule has 4 rings (SSSR count). The monoisotopic (exact) mass is 516 g/mol. The van der Waals surface area contributed by atoms with E-state index in [1.54, 1.807) is 0 Å². The Hall–Kier alpha value is -3.74. The second-order valence-corrected chi connectivity index (χ2v) is 9.39. The average molecular weight is 517 g/mol. The van der Waals surface area contributed by atoms with E-state index in [0.29, 0.717) is 56.0 Å². The van der Waals surface area contributed by atoms with E-state index in [1.807, 2.05) is 60.7 Å². The van der Waals surface area contributed by atoms with Crippen LogP contribution in [0.15, 0.2) is 91.0 Å². The number of nitrogens with two attached hydrogens (primary N) is 1. The molecule has 0 aliphatic rings. The number of aliphatic hydroxyl groups is 1. The molecule has 4 nitrogen and oxygen atoms in total. The highest BCUT2D eigenvalue weighted by atomic mass is 19.1. The van der Waals surface area contributed by atoms with Crippen LogP contribution in [0.4, 0.5) is 14.5 Å². The van der Waals surface area contributed by atoms with Gasteiger partial charge in [-0.2, -0.15) is 0 Å². The zero-order chi connectivity index (χ0) is 26.7. The maximum absolute atomic E-state index is 14.2. The molecule has 0 amide bonds. The van der Waals surface area contributed by atoms with Gasteiger partial charge in [-0.25, -0.2) is 8.78 Å². The standard InChI is InChI=1S/C32H34F2N2O2/c33-27-17-26(18-28(34)19-27)29(13-7-8-16-37)30-15-14-25(21-36-20-23-9-3-1-4-10-23)31(35)32(30)38-22-24-11-5-2-6-12-24/h1-6,9-12,14-15,17-19,29,36-37H,7-8,13,16,20-22,35H2. The lowest BCUT2D eigenvalue weighted by Crippen LogP contribution is -2.16. The van der Waals surface area contributed by atoms with Crippen LogP contribution in [-0.2, 0) is 19.7 Å². The van der Waals surface area contributed by atoms with Crippen LogP contribution in [-0.4, -0.2) is 11.7 Å². The summed E-state index contributed by atoms with van der Waals surface area (Å²) < 4.78 is 34.8. The van der Waals surface area contributed by atoms with Gasteiger partial charge in [0.1, 0.15) is 24.0 Å². The summed E-state index contributed by atoms with van der Waals surface area (Å²) in [6.07, 6.45) is 1.85. The summed E-state index contributed by atoms with van der Waals surface area (Å²) in [5.41, 5.74) is 11.5. The minimum Gasteiger partial charge on any atom is -0.486 e. The van der Waals surface area contributed by atoms with Crippen LogP contribution < -0.4 is 15.8 Å². The van der Waals surface area contributed by atoms with Gasteiger partial charge in [-0.05, 0) is 47.2 Å². The van der Waals surface area contributed by atoms with Crippen molar-refractivity contribution in [1.29, 1.82) is 0 Å². The molecular formula is C32H34F2N2O2. The number of aliphatic hydroxyl groups excluding tert-OH is 1. The molecule has 0 aromatic heterocycles. The summed E-state index contributed by atoms with van der Waals surface area (Å²) in [5, 5.41) is 12.8. The summed E-state index contributed by atoms with van der Waals surface area (Å²) in [7, 11) is 0. The number of rotatable bonds is 13. The van der Waals surface area contributed by atoms with E-state index in [-0.39, 0.29) is 12.5 Å². The molecule has 1 unspecified atom stereocenters. The van der Waals surface area contributed by atoms with Crippen LogP contribution in [0.25, 0.3) is 0 Å². The van der Waals surface area contributed by atoms with Gasteiger partial charge in [0.25, 0.3) is 0 Å². The molecule has 0 aliphatic heterocycles. The highest BCUT2D eigenvalue weighted by molar-refractivity contribution is 5.64. The lowest BCUT2D eigenvalue weighted by atomic mass is 9.85. The largest absolute Gasteiger partial charge is 0.486 e. The number of anilines is 1. The number of unbranched alkanes of at least 4 members (excludes halogenated alkanes) is 1. The average Bonchev–Trinajstić information content (AvgIpc) is 2.92. The van der Waals surface area contributed by atoms with Crippen LogP contribution in [0.2, 0.25) is 0 Å². The van der Waals surface area contributed by atoms with Crippen molar-refractivity contribution in [2.24, 2.45) is 0 Å². The molecule has 198 valence electrons. The maximum Gasteiger partial charge on any atom is 0.146 e. The molecule has 0 fully saturated rings. The van der Waals surface area contributed by atoms with Crippen LogP contribution in [0.1, 0.15) is 53.0 Å². The fraction of sp³-hybridized carbons (Fsp3) is 0.250. The predicted octanol–water partition coefficient (Wildman–Crippen LogP) is 6.71. The van der Waals surface area contributed by atoms with E-state index in [9.17, 15) is 13.9 Å². The topological polar surface area (TPSA) is 67.5 Å². The quantitative estimate of drug-likeness (QED) is 0.136. The molecule has 6 heteroatoms. The van der Waals surface area contributed by atoms with Gasteiger partial charge in [-0.1, -0.05) is 79.2 Å². The van der Waals surface area contributed by atoms with Crippen LogP contribution in [0, 0.1) is 11.6 Å². The predicted molar refractivity (Wildman–Crippen MR) is 148 cm³/mol. The summed E-state index contributed by atoms with van der Waals surface area (Å²) in [6, 6.07) is 27.4. The van der Waals surface area contributed by atoms with E-state index < -0.39 is 11.6 Å². The van der Waals surface area contributed by atoms with Crippen molar-refractivity contribution in [3.8, 4) is 5.75 Å². The molecule has 0 heterocycles. The number of hydrogen-bond donors (Lipinski definition) is 3. The van der Waals surface area contributed by atoms with E-state index >= 15 is 0 Å². The first kappa shape index (κ1) is 27.3. The number of nitrogens with one attached hydrogen (secondary N) is 1. The van der Waals surface area contributed by atoms with Crippen molar-refractivity contribution in [1.82, 2.24) is 5.32 Å². The number of benzene rings is 4. The van der Waals surface area contributed by atoms with Crippen LogP contribution in [0.5, 0.6) is 5.75 Å². The smallest absolute Gasteiger partial charge is 0.146 e. The Morgan fingerprint density at radius 1 is 0.789 bits per heavy atom. The zero-order valence-corrected chi connectivity index (χ0v) is 21.4. The second kappa shape index (κ2) is 13.7. The Morgan fingerprint density at radius 3 is 2.11 bits per heavy atom. The van der Waals surface area contributed by atoms with Gasteiger partial charge in [-0.3, -0.25) is 0 Å². The zero-order valence-electron chi connectivity index (χ0n) is 21.4. The summed E-state index contributed by atoms with van der Waals surface area (Å²) in [6.45, 7) is 1.58. The summed E-state index contributed by atoms with van der Waals surface area (Å²) in [4.78, 5) is 0. The molecule has 0 aliphatic carbocycles. The Labute approximate surface area is 223 Å². The first-order chi connectivity index (χ1) is 18.5. The van der Waals surface area contributed by atoms with E-state index in [4.69, 9.17) is 10.5 Å². The molecule has 0 radical (unpaired) electrons. The van der Waals surface area contributed by atoms with Gasteiger partial charge in [0.05, 0.1) is 5.69 Å². The normalized spacial score (nSPS) is 11.9. The first-order valence-corrected chi connectivity index (χ1v) is 12.9. The minimum atomic E-state index is -0.631. The fourth-order valence-corrected chi connectivity index (χ4v) is 4.65. The summed E-state index contributed by atoms with van der Waals surface area (Å²) >= 11 is 0. The maximum atomic E-state index is 14.2. The Kier molecular flexibility index (Phi) is 9.84. The van der Waals surface area contributed by atoms with E-state index in [0.717, 1.165) is 22.8 Å². The Balaban J connectivity index is 1.68. The van der Waals surface area contributed by atoms with Gasteiger partial charge >= 0.3 is 0 Å². The van der Waals surface area contributed by atoms with Crippen molar-refractivity contribution >= 4 is 5.69 Å². The number of hydrogen-bond acceptors (Lipinski definition) is 4. The van der Waals surface area contributed by atoms with Gasteiger partial charge in [0.2, 0.25) is 0 Å². The van der Waals surface area contributed by atoms with Gasteiger partial charge < -0.3 is 20.9 Å². The van der Waals surface area contributed by atoms with Crippen LogP contribution >= 0.6 is 0 Å². The second-order valence-electron chi connectivity index (χ2n) is 9.39. The molecule has 38 heavy (non-hydrogen) atoms. The molecular weight excluding hydrogens is 482 g/mol. The highest BCUT2D eigenvalue weighted by Gasteiger charge is 2.23. The minimum absolute atomic E-state index is 0.0513. The van der Waals surface area contributed by atoms with Crippen molar-refractivity contribution in [2.75, 3.05) is 12.3 Å².